The number of carbonyl (C=O) groups is 2. The average Bonchev–Trinajstić information content (AvgIpc) is 3.52. The molecule has 0 saturated heterocycles. The number of anilines is 1. The highest BCUT2D eigenvalue weighted by molar-refractivity contribution is 7.10. The molecule has 0 spiro atoms. The molecule has 2 aliphatic heterocycles. The minimum atomic E-state index is -0.674. The fourth-order valence-corrected chi connectivity index (χ4v) is 5.25. The van der Waals surface area contributed by atoms with Crippen molar-refractivity contribution in [2.45, 2.75) is 12.0 Å². The van der Waals surface area contributed by atoms with Crippen LogP contribution < -0.4 is 24.3 Å². The maximum Gasteiger partial charge on any atom is 0.254 e. The molecule has 2 aromatic carbocycles. The molecule has 2 atom stereocenters. The van der Waals surface area contributed by atoms with Gasteiger partial charge in [-0.2, -0.15) is 0 Å². The quantitative estimate of drug-likeness (QED) is 0.611. The van der Waals surface area contributed by atoms with E-state index in [2.05, 4.69) is 5.32 Å². The van der Waals surface area contributed by atoms with E-state index in [0.29, 0.717) is 39.8 Å². The van der Waals surface area contributed by atoms with Gasteiger partial charge in [0.25, 0.3) is 5.91 Å². The van der Waals surface area contributed by atoms with Crippen LogP contribution in [0.25, 0.3) is 0 Å². The number of ether oxygens (including phenoxy) is 4. The first-order chi connectivity index (χ1) is 16.0. The Bertz CT molecular complexity index is 1230. The van der Waals surface area contributed by atoms with E-state index in [-0.39, 0.29) is 18.6 Å². The second-order valence-electron chi connectivity index (χ2n) is 7.71. The van der Waals surface area contributed by atoms with Crippen LogP contribution in [0.2, 0.25) is 0 Å². The standard InChI is InChI=1S/C24H22N2O6S/c1-26-22(20-5-4-8-33-20)21(14-10-17(29-2)18(30-3)11-15(14)24(26)28)23(27)25-13-6-7-16-19(9-13)32-12-31-16/h4-11,21-22H,12H2,1-3H3,(H,25,27)/t21-,22+/m0/s1. The van der Waals surface area contributed by atoms with Gasteiger partial charge in [0.1, 0.15) is 0 Å². The maximum absolute atomic E-state index is 13.8. The summed E-state index contributed by atoms with van der Waals surface area (Å²) in [6.07, 6.45) is 0. The Morgan fingerprint density at radius 2 is 1.85 bits per heavy atom. The third-order valence-corrected chi connectivity index (χ3v) is 6.87. The van der Waals surface area contributed by atoms with E-state index in [1.807, 2.05) is 17.5 Å². The number of benzene rings is 2. The molecular weight excluding hydrogens is 444 g/mol. The Hall–Kier alpha value is -3.72. The Labute approximate surface area is 194 Å². The van der Waals surface area contributed by atoms with Crippen LogP contribution in [0.4, 0.5) is 5.69 Å². The fourth-order valence-electron chi connectivity index (χ4n) is 4.34. The first-order valence-corrected chi connectivity index (χ1v) is 11.2. The predicted octanol–water partition coefficient (Wildman–Crippen LogP) is 4.04. The van der Waals surface area contributed by atoms with Crippen LogP contribution in [0.3, 0.4) is 0 Å². The van der Waals surface area contributed by atoms with Crippen molar-refractivity contribution in [2.24, 2.45) is 0 Å². The van der Waals surface area contributed by atoms with Crippen LogP contribution in [0.15, 0.2) is 47.8 Å². The summed E-state index contributed by atoms with van der Waals surface area (Å²) in [5.41, 5.74) is 1.58. The molecule has 9 heteroatoms. The number of thiophene rings is 1. The van der Waals surface area contributed by atoms with Gasteiger partial charge in [-0.05, 0) is 41.3 Å². The van der Waals surface area contributed by atoms with Crippen molar-refractivity contribution in [1.29, 1.82) is 0 Å². The monoisotopic (exact) mass is 466 g/mol. The number of rotatable bonds is 5. The van der Waals surface area contributed by atoms with Crippen LogP contribution in [-0.2, 0) is 4.79 Å². The van der Waals surface area contributed by atoms with E-state index >= 15 is 0 Å². The lowest BCUT2D eigenvalue weighted by Crippen LogP contribution is -2.43. The highest BCUT2D eigenvalue weighted by Gasteiger charge is 2.44. The number of methoxy groups -OCH3 is 2. The Morgan fingerprint density at radius 3 is 2.58 bits per heavy atom. The minimum absolute atomic E-state index is 0.151. The summed E-state index contributed by atoms with van der Waals surface area (Å²) in [6.45, 7) is 0.151. The van der Waals surface area contributed by atoms with E-state index in [0.717, 1.165) is 4.88 Å². The number of carbonyl (C=O) groups excluding carboxylic acids is 2. The Balaban J connectivity index is 1.60. The summed E-state index contributed by atoms with van der Waals surface area (Å²) in [6, 6.07) is 12.0. The molecule has 0 bridgehead atoms. The lowest BCUT2D eigenvalue weighted by Gasteiger charge is -2.39. The number of hydrogen-bond donors (Lipinski definition) is 1. The molecule has 1 N–H and O–H groups in total. The van der Waals surface area contributed by atoms with Gasteiger partial charge < -0.3 is 29.2 Å². The molecule has 0 aliphatic carbocycles. The van der Waals surface area contributed by atoms with Gasteiger partial charge in [-0.25, -0.2) is 0 Å². The zero-order chi connectivity index (χ0) is 23.1. The van der Waals surface area contributed by atoms with Crippen molar-refractivity contribution >= 4 is 28.8 Å². The molecule has 3 aromatic rings. The first-order valence-electron chi connectivity index (χ1n) is 10.3. The highest BCUT2D eigenvalue weighted by atomic mass is 32.1. The molecule has 0 fully saturated rings. The highest BCUT2D eigenvalue weighted by Crippen LogP contribution is 2.47. The summed E-state index contributed by atoms with van der Waals surface area (Å²) >= 11 is 1.50. The molecule has 0 radical (unpaired) electrons. The minimum Gasteiger partial charge on any atom is -0.493 e. The zero-order valence-corrected chi connectivity index (χ0v) is 19.1. The van der Waals surface area contributed by atoms with E-state index in [4.69, 9.17) is 18.9 Å². The number of amides is 2. The summed E-state index contributed by atoms with van der Waals surface area (Å²) in [7, 11) is 4.76. The number of likely N-dealkylation sites (N-methyl/N-ethyl adjacent to an activating group) is 1. The van der Waals surface area contributed by atoms with Crippen molar-refractivity contribution in [3.8, 4) is 23.0 Å². The number of fused-ring (bicyclic) bond motifs is 2. The molecule has 5 rings (SSSR count). The topological polar surface area (TPSA) is 86.3 Å². The van der Waals surface area contributed by atoms with Crippen LogP contribution >= 0.6 is 11.3 Å². The van der Waals surface area contributed by atoms with Gasteiger partial charge in [0.2, 0.25) is 12.7 Å². The second kappa shape index (κ2) is 8.32. The van der Waals surface area contributed by atoms with Crippen LogP contribution in [0, 0.1) is 0 Å². The molecule has 8 nitrogen and oxygen atoms in total. The first kappa shape index (κ1) is 21.1. The van der Waals surface area contributed by atoms with Gasteiger partial charge in [-0.3, -0.25) is 9.59 Å². The number of nitrogens with one attached hydrogen (secondary N) is 1. The third-order valence-electron chi connectivity index (χ3n) is 5.93. The van der Waals surface area contributed by atoms with Gasteiger partial charge in [0, 0.05) is 29.2 Å². The van der Waals surface area contributed by atoms with Crippen molar-refractivity contribution in [2.75, 3.05) is 33.4 Å². The lowest BCUT2D eigenvalue weighted by molar-refractivity contribution is -0.119. The Morgan fingerprint density at radius 1 is 1.09 bits per heavy atom. The van der Waals surface area contributed by atoms with E-state index in [9.17, 15) is 9.59 Å². The van der Waals surface area contributed by atoms with Gasteiger partial charge >= 0.3 is 0 Å². The average molecular weight is 467 g/mol. The van der Waals surface area contributed by atoms with Gasteiger partial charge in [-0.15, -0.1) is 11.3 Å². The Kier molecular flexibility index (Phi) is 5.33. The molecule has 170 valence electrons. The van der Waals surface area contributed by atoms with E-state index < -0.39 is 12.0 Å². The fraction of sp³-hybridized carbons (Fsp3) is 0.250. The molecule has 3 heterocycles. The molecule has 0 saturated carbocycles. The summed E-state index contributed by atoms with van der Waals surface area (Å²) in [5, 5.41) is 4.93. The molecule has 0 unspecified atom stereocenters. The van der Waals surface area contributed by atoms with Gasteiger partial charge in [0.15, 0.2) is 23.0 Å². The predicted molar refractivity (Wildman–Crippen MR) is 123 cm³/mol. The molecule has 2 amide bonds. The maximum atomic E-state index is 13.8. The van der Waals surface area contributed by atoms with Crippen molar-refractivity contribution in [1.82, 2.24) is 4.90 Å². The lowest BCUT2D eigenvalue weighted by atomic mass is 9.81. The van der Waals surface area contributed by atoms with Crippen molar-refractivity contribution in [3.05, 3.63) is 63.8 Å². The van der Waals surface area contributed by atoms with Crippen LogP contribution in [0.5, 0.6) is 23.0 Å². The van der Waals surface area contributed by atoms with Crippen LogP contribution in [-0.4, -0.2) is 44.8 Å². The zero-order valence-electron chi connectivity index (χ0n) is 18.3. The largest absolute Gasteiger partial charge is 0.493 e. The molecule has 1 aromatic heterocycles. The van der Waals surface area contributed by atoms with Gasteiger partial charge in [0.05, 0.1) is 26.2 Å². The number of nitrogens with zero attached hydrogens (tertiary/aromatic N) is 1. The second-order valence-corrected chi connectivity index (χ2v) is 8.68. The van der Waals surface area contributed by atoms with Crippen molar-refractivity contribution < 1.29 is 28.5 Å². The summed E-state index contributed by atoms with van der Waals surface area (Å²) < 4.78 is 21.7. The van der Waals surface area contributed by atoms with E-state index in [1.165, 1.54) is 25.6 Å². The SMILES string of the molecule is COc1cc2c(cc1OC)[C@H](C(=O)Nc1ccc3c(c1)OCO3)[C@@H](c1cccs1)N(C)C2=O. The molecule has 33 heavy (non-hydrogen) atoms. The normalized spacial score (nSPS) is 18.6. The third kappa shape index (κ3) is 3.54. The molecule has 2 aliphatic rings. The summed E-state index contributed by atoms with van der Waals surface area (Å²) in [5.74, 6) is 0.991. The van der Waals surface area contributed by atoms with Gasteiger partial charge in [-0.1, -0.05) is 6.07 Å². The van der Waals surface area contributed by atoms with E-state index in [1.54, 1.807) is 42.3 Å². The molecular formula is C24H22N2O6S. The number of hydrogen-bond acceptors (Lipinski definition) is 7. The van der Waals surface area contributed by atoms with Crippen molar-refractivity contribution in [3.63, 3.8) is 0 Å². The smallest absolute Gasteiger partial charge is 0.254 e. The summed E-state index contributed by atoms with van der Waals surface area (Å²) in [4.78, 5) is 29.6. The van der Waals surface area contributed by atoms with Crippen LogP contribution in [0.1, 0.15) is 32.8 Å².